The molecule has 1 aliphatic rings. The van der Waals surface area contributed by atoms with E-state index in [4.69, 9.17) is 11.5 Å². The minimum Gasteiger partial charge on any atom is -0.398 e. The summed E-state index contributed by atoms with van der Waals surface area (Å²) in [4.78, 5) is 0. The molecule has 3 rings (SSSR count). The molecule has 0 aromatic heterocycles. The van der Waals surface area contributed by atoms with Crippen molar-refractivity contribution >= 4 is 16.8 Å². The zero-order chi connectivity index (χ0) is 18.9. The van der Waals surface area contributed by atoms with Crippen LogP contribution in [0, 0.1) is 0 Å². The normalized spacial score (nSPS) is 14.8. The summed E-state index contributed by atoms with van der Waals surface area (Å²) >= 11 is 0. The van der Waals surface area contributed by atoms with Gasteiger partial charge < -0.3 is 11.5 Å². The van der Waals surface area contributed by atoms with Crippen LogP contribution in [0.4, 0.5) is 18.9 Å². The van der Waals surface area contributed by atoms with Gasteiger partial charge in [0.05, 0.1) is 5.56 Å². The van der Waals surface area contributed by atoms with Gasteiger partial charge in [0.15, 0.2) is 0 Å². The number of nitrogen functional groups attached to an aromatic ring is 1. The van der Waals surface area contributed by atoms with Gasteiger partial charge in [0, 0.05) is 12.2 Å². The van der Waals surface area contributed by atoms with Crippen molar-refractivity contribution in [2.24, 2.45) is 5.73 Å². The van der Waals surface area contributed by atoms with E-state index < -0.39 is 11.7 Å². The van der Waals surface area contributed by atoms with Crippen molar-refractivity contribution in [1.29, 1.82) is 0 Å². The van der Waals surface area contributed by atoms with Crippen molar-refractivity contribution in [2.75, 3.05) is 5.73 Å². The van der Waals surface area contributed by atoms with Crippen LogP contribution >= 0.6 is 0 Å². The maximum absolute atomic E-state index is 12.8. The Labute approximate surface area is 150 Å². The molecule has 2 aromatic carbocycles. The fraction of sp³-hybridized carbons (Fsp3) is 0.143. The Morgan fingerprint density at radius 3 is 2.27 bits per heavy atom. The van der Waals surface area contributed by atoms with Crippen LogP contribution in [0.1, 0.15) is 28.7 Å². The van der Waals surface area contributed by atoms with Gasteiger partial charge in [0.25, 0.3) is 0 Å². The molecule has 0 radical (unpaired) electrons. The number of hydrogen-bond acceptors (Lipinski definition) is 2. The molecule has 0 amide bonds. The number of anilines is 1. The summed E-state index contributed by atoms with van der Waals surface area (Å²) in [6, 6.07) is 10.8. The van der Waals surface area contributed by atoms with Crippen molar-refractivity contribution in [1.82, 2.24) is 0 Å². The van der Waals surface area contributed by atoms with Gasteiger partial charge in [0.1, 0.15) is 0 Å². The molecule has 0 spiro atoms. The Morgan fingerprint density at radius 1 is 1.00 bits per heavy atom. The van der Waals surface area contributed by atoms with Crippen LogP contribution in [0.15, 0.2) is 66.8 Å². The first-order chi connectivity index (χ1) is 12.3. The van der Waals surface area contributed by atoms with E-state index in [9.17, 15) is 13.2 Å². The summed E-state index contributed by atoms with van der Waals surface area (Å²) in [5, 5.41) is 0. The third-order valence-corrected chi connectivity index (χ3v) is 4.45. The molecule has 4 N–H and O–H groups in total. The second-order valence-corrected chi connectivity index (χ2v) is 6.19. The van der Waals surface area contributed by atoms with Crippen LogP contribution in [0.5, 0.6) is 0 Å². The smallest absolute Gasteiger partial charge is 0.398 e. The van der Waals surface area contributed by atoms with Crippen LogP contribution in [0.2, 0.25) is 0 Å². The molecule has 0 unspecified atom stereocenters. The Morgan fingerprint density at radius 2 is 1.65 bits per heavy atom. The van der Waals surface area contributed by atoms with Crippen molar-refractivity contribution in [3.05, 3.63) is 89.0 Å². The first kappa shape index (κ1) is 18.0. The largest absolute Gasteiger partial charge is 0.416 e. The highest BCUT2D eigenvalue weighted by Crippen LogP contribution is 2.39. The second kappa shape index (κ2) is 6.84. The summed E-state index contributed by atoms with van der Waals surface area (Å²) < 4.78 is 38.5. The monoisotopic (exact) mass is 356 g/mol. The summed E-state index contributed by atoms with van der Waals surface area (Å²) in [6.07, 6.45) is 0.252. The predicted octanol–water partition coefficient (Wildman–Crippen LogP) is 5.17. The fourth-order valence-corrected chi connectivity index (χ4v) is 3.07. The van der Waals surface area contributed by atoms with Gasteiger partial charge in [-0.15, -0.1) is 0 Å². The highest BCUT2D eigenvalue weighted by Gasteiger charge is 2.30. The molecular weight excluding hydrogens is 337 g/mol. The Hall–Kier alpha value is -2.79. The van der Waals surface area contributed by atoms with Gasteiger partial charge in [-0.1, -0.05) is 36.9 Å². The highest BCUT2D eigenvalue weighted by atomic mass is 19.4. The number of rotatable bonds is 3. The van der Waals surface area contributed by atoms with E-state index in [0.29, 0.717) is 24.2 Å². The second-order valence-electron chi connectivity index (χ2n) is 6.19. The average molecular weight is 356 g/mol. The zero-order valence-corrected chi connectivity index (χ0v) is 14.1. The van der Waals surface area contributed by atoms with E-state index in [1.165, 1.54) is 12.1 Å². The van der Waals surface area contributed by atoms with Gasteiger partial charge >= 0.3 is 6.18 Å². The number of alkyl halides is 3. The standard InChI is InChI=1S/C21H19F3N2/c1-13-3-2-4-18(15-7-10-19(26)16(11-15)12-25)20(13)14-5-8-17(9-6-14)21(22,23)24/h2,4-11H,1,3,12,25-26H2. The molecule has 0 aliphatic heterocycles. The molecule has 0 atom stereocenters. The van der Waals surface area contributed by atoms with Gasteiger partial charge in [-0.3, -0.25) is 0 Å². The van der Waals surface area contributed by atoms with E-state index in [1.807, 2.05) is 24.3 Å². The SMILES string of the molecule is C=C1CC=CC(c2ccc(N)c(CN)c2)=C1c1ccc(C(F)(F)F)cc1. The van der Waals surface area contributed by atoms with Crippen molar-refractivity contribution in [3.63, 3.8) is 0 Å². The number of allylic oxidation sites excluding steroid dienone is 5. The summed E-state index contributed by atoms with van der Waals surface area (Å²) in [6.45, 7) is 4.41. The fourth-order valence-electron chi connectivity index (χ4n) is 3.07. The van der Waals surface area contributed by atoms with E-state index >= 15 is 0 Å². The minimum absolute atomic E-state index is 0.313. The molecule has 0 saturated carbocycles. The van der Waals surface area contributed by atoms with Gasteiger partial charge in [-0.2, -0.15) is 13.2 Å². The van der Waals surface area contributed by atoms with Gasteiger partial charge in [0.2, 0.25) is 0 Å². The first-order valence-electron chi connectivity index (χ1n) is 8.16. The summed E-state index contributed by atoms with van der Waals surface area (Å²) in [7, 11) is 0. The number of nitrogens with two attached hydrogens (primary N) is 2. The lowest BCUT2D eigenvalue weighted by Crippen LogP contribution is -2.05. The minimum atomic E-state index is -4.35. The number of hydrogen-bond donors (Lipinski definition) is 2. The zero-order valence-electron chi connectivity index (χ0n) is 14.1. The van der Waals surface area contributed by atoms with E-state index in [1.54, 1.807) is 6.07 Å². The van der Waals surface area contributed by atoms with E-state index in [0.717, 1.165) is 40.0 Å². The molecule has 134 valence electrons. The molecule has 26 heavy (non-hydrogen) atoms. The molecular formula is C21H19F3N2. The summed E-state index contributed by atoms with van der Waals surface area (Å²) in [5.41, 5.74) is 16.6. The van der Waals surface area contributed by atoms with Gasteiger partial charge in [-0.05, 0) is 64.1 Å². The van der Waals surface area contributed by atoms with E-state index in [-0.39, 0.29) is 0 Å². The maximum atomic E-state index is 12.8. The first-order valence-corrected chi connectivity index (χ1v) is 8.16. The van der Waals surface area contributed by atoms with Crippen molar-refractivity contribution in [2.45, 2.75) is 19.1 Å². The lowest BCUT2D eigenvalue weighted by atomic mass is 9.84. The topological polar surface area (TPSA) is 52.0 Å². The van der Waals surface area contributed by atoms with Crippen molar-refractivity contribution in [3.8, 4) is 0 Å². The maximum Gasteiger partial charge on any atom is 0.416 e. The quantitative estimate of drug-likeness (QED) is 0.745. The summed E-state index contributed by atoms with van der Waals surface area (Å²) in [5.74, 6) is 0. The van der Waals surface area contributed by atoms with Crippen LogP contribution in [-0.4, -0.2) is 0 Å². The molecule has 0 bridgehead atoms. The molecule has 2 aromatic rings. The number of halogens is 3. The number of benzene rings is 2. The average Bonchev–Trinajstić information content (AvgIpc) is 2.61. The Balaban J connectivity index is 2.14. The molecule has 1 aliphatic carbocycles. The van der Waals surface area contributed by atoms with Gasteiger partial charge in [-0.25, -0.2) is 0 Å². The third kappa shape index (κ3) is 3.44. The lowest BCUT2D eigenvalue weighted by Gasteiger charge is -2.20. The highest BCUT2D eigenvalue weighted by molar-refractivity contribution is 6.03. The molecule has 0 saturated heterocycles. The molecule has 0 fully saturated rings. The Bertz CT molecular complexity index is 904. The predicted molar refractivity (Wildman–Crippen MR) is 99.9 cm³/mol. The van der Waals surface area contributed by atoms with Crippen LogP contribution in [0.3, 0.4) is 0 Å². The van der Waals surface area contributed by atoms with E-state index in [2.05, 4.69) is 6.58 Å². The van der Waals surface area contributed by atoms with Crippen LogP contribution in [0.25, 0.3) is 11.1 Å². The lowest BCUT2D eigenvalue weighted by molar-refractivity contribution is -0.137. The molecule has 2 nitrogen and oxygen atoms in total. The van der Waals surface area contributed by atoms with Crippen molar-refractivity contribution < 1.29 is 13.2 Å². The van der Waals surface area contributed by atoms with Crippen LogP contribution < -0.4 is 11.5 Å². The Kier molecular flexibility index (Phi) is 4.74. The molecule has 0 heterocycles. The molecule has 5 heteroatoms. The van der Waals surface area contributed by atoms with Crippen LogP contribution in [-0.2, 0) is 12.7 Å². The third-order valence-electron chi connectivity index (χ3n) is 4.45.